The van der Waals surface area contributed by atoms with Gasteiger partial charge in [0.2, 0.25) is 5.95 Å². The number of nitrogens with one attached hydrogen (secondary N) is 1. The second kappa shape index (κ2) is 11.1. The number of methoxy groups -OCH3 is 2. The molecular formula is C28H32N6O3. The van der Waals surface area contributed by atoms with Crippen molar-refractivity contribution in [3.05, 3.63) is 77.2 Å². The van der Waals surface area contributed by atoms with Crippen LogP contribution in [-0.4, -0.2) is 67.9 Å². The van der Waals surface area contributed by atoms with Gasteiger partial charge in [-0.2, -0.15) is 4.98 Å². The highest BCUT2D eigenvalue weighted by Gasteiger charge is 2.16. The highest BCUT2D eigenvalue weighted by Crippen LogP contribution is 2.30. The number of hydrogen-bond acceptors (Lipinski definition) is 8. The SMILES string of the molecule is C=Cc1cc(=O)n(-c2ccc(OC)cc2OC)c2nc(Nc3ccc(N(C)CCN(C)C)cc3)ncc12. The quantitative estimate of drug-likeness (QED) is 0.347. The molecule has 4 rings (SSSR count). The minimum Gasteiger partial charge on any atom is -0.497 e. The minimum absolute atomic E-state index is 0.263. The van der Waals surface area contributed by atoms with E-state index in [4.69, 9.17) is 14.5 Å². The third-order valence-corrected chi connectivity index (χ3v) is 6.09. The number of benzene rings is 2. The molecule has 0 unspecified atom stereocenters. The lowest BCUT2D eigenvalue weighted by Crippen LogP contribution is -2.28. The highest BCUT2D eigenvalue weighted by atomic mass is 16.5. The number of pyridine rings is 1. The van der Waals surface area contributed by atoms with E-state index >= 15 is 0 Å². The summed E-state index contributed by atoms with van der Waals surface area (Å²) in [5, 5.41) is 3.94. The molecule has 0 bridgehead atoms. The van der Waals surface area contributed by atoms with E-state index in [-0.39, 0.29) is 5.56 Å². The second-order valence-corrected chi connectivity index (χ2v) is 8.84. The zero-order chi connectivity index (χ0) is 26.5. The third kappa shape index (κ3) is 5.57. The molecule has 192 valence electrons. The summed E-state index contributed by atoms with van der Waals surface area (Å²) < 4.78 is 12.4. The van der Waals surface area contributed by atoms with Gasteiger partial charge in [-0.25, -0.2) is 4.98 Å². The molecule has 2 aromatic carbocycles. The van der Waals surface area contributed by atoms with Gasteiger partial charge in [-0.05, 0) is 56.1 Å². The number of ether oxygens (including phenoxy) is 2. The van der Waals surface area contributed by atoms with Gasteiger partial charge < -0.3 is 24.6 Å². The molecule has 0 aliphatic rings. The number of hydrogen-bond donors (Lipinski definition) is 1. The lowest BCUT2D eigenvalue weighted by Gasteiger charge is -2.21. The lowest BCUT2D eigenvalue weighted by molar-refractivity contribution is 0.393. The second-order valence-electron chi connectivity index (χ2n) is 8.84. The van der Waals surface area contributed by atoms with Crippen molar-refractivity contribution in [2.45, 2.75) is 0 Å². The van der Waals surface area contributed by atoms with Gasteiger partial charge in [-0.15, -0.1) is 0 Å². The minimum atomic E-state index is -0.263. The first-order valence-corrected chi connectivity index (χ1v) is 11.8. The summed E-state index contributed by atoms with van der Waals surface area (Å²) >= 11 is 0. The molecule has 0 radical (unpaired) electrons. The summed E-state index contributed by atoms with van der Waals surface area (Å²) in [6.45, 7) is 5.74. The highest BCUT2D eigenvalue weighted by molar-refractivity contribution is 5.87. The van der Waals surface area contributed by atoms with Gasteiger partial charge in [-0.3, -0.25) is 9.36 Å². The van der Waals surface area contributed by atoms with Crippen molar-refractivity contribution in [2.75, 3.05) is 58.7 Å². The first-order valence-electron chi connectivity index (χ1n) is 11.8. The van der Waals surface area contributed by atoms with Gasteiger partial charge in [0.15, 0.2) is 5.65 Å². The van der Waals surface area contributed by atoms with Crippen molar-refractivity contribution in [3.63, 3.8) is 0 Å². The topological polar surface area (TPSA) is 84.7 Å². The summed E-state index contributed by atoms with van der Waals surface area (Å²) in [5.74, 6) is 1.47. The van der Waals surface area contributed by atoms with Crippen LogP contribution in [0.3, 0.4) is 0 Å². The normalized spacial score (nSPS) is 11.0. The van der Waals surface area contributed by atoms with E-state index in [0.717, 1.165) is 24.5 Å². The van der Waals surface area contributed by atoms with Gasteiger partial charge in [0.1, 0.15) is 11.5 Å². The number of fused-ring (bicyclic) bond motifs is 1. The van der Waals surface area contributed by atoms with E-state index in [1.54, 1.807) is 44.7 Å². The van der Waals surface area contributed by atoms with Gasteiger partial charge in [-0.1, -0.05) is 12.7 Å². The number of anilines is 3. The predicted molar refractivity (Wildman–Crippen MR) is 150 cm³/mol. The van der Waals surface area contributed by atoms with Crippen molar-refractivity contribution in [1.29, 1.82) is 0 Å². The molecule has 37 heavy (non-hydrogen) atoms. The van der Waals surface area contributed by atoms with Gasteiger partial charge in [0.05, 0.1) is 19.9 Å². The Kier molecular flexibility index (Phi) is 7.74. The van der Waals surface area contributed by atoms with Crippen LogP contribution < -0.4 is 25.2 Å². The van der Waals surface area contributed by atoms with E-state index in [0.29, 0.717) is 39.7 Å². The first-order chi connectivity index (χ1) is 17.8. The summed E-state index contributed by atoms with van der Waals surface area (Å²) in [7, 11) is 9.32. The Labute approximate surface area is 216 Å². The van der Waals surface area contributed by atoms with E-state index in [9.17, 15) is 4.79 Å². The zero-order valence-electron chi connectivity index (χ0n) is 21.9. The molecule has 2 heterocycles. The Bertz CT molecular complexity index is 1460. The Morgan fingerprint density at radius 3 is 2.43 bits per heavy atom. The average molecular weight is 501 g/mol. The average Bonchev–Trinajstić information content (AvgIpc) is 2.91. The largest absolute Gasteiger partial charge is 0.497 e. The maximum absolute atomic E-state index is 13.2. The van der Waals surface area contributed by atoms with Gasteiger partial charge in [0.25, 0.3) is 5.56 Å². The van der Waals surface area contributed by atoms with E-state index in [1.807, 2.05) is 24.3 Å². The number of likely N-dealkylation sites (N-methyl/N-ethyl adjacent to an activating group) is 2. The fourth-order valence-electron chi connectivity index (χ4n) is 3.97. The monoisotopic (exact) mass is 500 g/mol. The van der Waals surface area contributed by atoms with E-state index in [1.165, 1.54) is 10.6 Å². The van der Waals surface area contributed by atoms with Crippen LogP contribution in [-0.2, 0) is 0 Å². The van der Waals surface area contributed by atoms with E-state index < -0.39 is 0 Å². The Morgan fingerprint density at radius 1 is 1.03 bits per heavy atom. The molecule has 0 atom stereocenters. The van der Waals surface area contributed by atoms with Crippen LogP contribution >= 0.6 is 0 Å². The Hall–Kier alpha value is -4.37. The van der Waals surface area contributed by atoms with Gasteiger partial charge >= 0.3 is 0 Å². The fraction of sp³-hybridized carbons (Fsp3) is 0.250. The smallest absolute Gasteiger partial charge is 0.257 e. The molecule has 0 aliphatic carbocycles. The molecule has 0 amide bonds. The molecule has 0 saturated heterocycles. The molecule has 1 N–H and O–H groups in total. The van der Waals surface area contributed by atoms with Crippen molar-refractivity contribution in [1.82, 2.24) is 19.4 Å². The van der Waals surface area contributed by atoms with Crippen LogP contribution in [0.25, 0.3) is 22.8 Å². The number of rotatable bonds is 10. The number of nitrogens with zero attached hydrogens (tertiary/aromatic N) is 5. The van der Waals surface area contributed by atoms with Gasteiger partial charge in [0, 0.05) is 55.2 Å². The molecule has 0 saturated carbocycles. The molecule has 0 fully saturated rings. The summed E-state index contributed by atoms with van der Waals surface area (Å²) in [6.07, 6.45) is 3.32. The first kappa shape index (κ1) is 25.7. The molecule has 4 aromatic rings. The standard InChI is InChI=1S/C28H32N6O3/c1-7-19-16-26(35)34(24-13-12-22(36-5)17-25(24)37-6)27-23(19)18-29-28(31-27)30-20-8-10-21(11-9-20)33(4)15-14-32(2)3/h7-13,16-18H,1,14-15H2,2-6H3,(H,29,30,31). The predicted octanol–water partition coefficient (Wildman–Crippen LogP) is 4.18. The van der Waals surface area contributed by atoms with Crippen molar-refractivity contribution in [2.24, 2.45) is 0 Å². The summed E-state index contributed by atoms with van der Waals surface area (Å²) in [5.41, 5.74) is 3.32. The van der Waals surface area contributed by atoms with Crippen molar-refractivity contribution >= 4 is 34.4 Å². The van der Waals surface area contributed by atoms with Crippen LogP contribution in [0.4, 0.5) is 17.3 Å². The van der Waals surface area contributed by atoms with Crippen LogP contribution in [0.1, 0.15) is 5.56 Å². The maximum atomic E-state index is 13.2. The molecule has 9 heteroatoms. The summed E-state index contributed by atoms with van der Waals surface area (Å²) in [4.78, 5) is 26.8. The zero-order valence-corrected chi connectivity index (χ0v) is 21.9. The Balaban J connectivity index is 1.73. The van der Waals surface area contributed by atoms with Crippen LogP contribution in [0.5, 0.6) is 11.5 Å². The third-order valence-electron chi connectivity index (χ3n) is 6.09. The number of aromatic nitrogens is 3. The molecule has 2 aromatic heterocycles. The molecule has 0 spiro atoms. The summed E-state index contributed by atoms with van der Waals surface area (Å²) in [6, 6.07) is 14.8. The molecule has 0 aliphatic heterocycles. The maximum Gasteiger partial charge on any atom is 0.257 e. The van der Waals surface area contributed by atoms with Crippen LogP contribution in [0.15, 0.2) is 66.1 Å². The molecular weight excluding hydrogens is 468 g/mol. The lowest BCUT2D eigenvalue weighted by atomic mass is 10.1. The van der Waals surface area contributed by atoms with Crippen molar-refractivity contribution < 1.29 is 9.47 Å². The Morgan fingerprint density at radius 2 is 1.78 bits per heavy atom. The van der Waals surface area contributed by atoms with Crippen molar-refractivity contribution in [3.8, 4) is 17.2 Å². The molecule has 9 nitrogen and oxygen atoms in total. The van der Waals surface area contributed by atoms with E-state index in [2.05, 4.69) is 47.8 Å². The van der Waals surface area contributed by atoms with Crippen LogP contribution in [0.2, 0.25) is 0 Å². The van der Waals surface area contributed by atoms with Crippen LogP contribution in [0, 0.1) is 0 Å². The fourth-order valence-corrected chi connectivity index (χ4v) is 3.97.